The van der Waals surface area contributed by atoms with Gasteiger partial charge in [-0.25, -0.2) is 0 Å². The first-order chi connectivity index (χ1) is 19.1. The molecule has 0 N–H and O–H groups in total. The van der Waals surface area contributed by atoms with Crippen molar-refractivity contribution in [2.24, 2.45) is 0 Å². The number of benzene rings is 6. The molecule has 0 amide bonds. The minimum atomic E-state index is 1.24. The number of allylic oxidation sites excluding steroid dienone is 5. The molecule has 0 aromatic heterocycles. The number of aryl methyl sites for hydroxylation is 1. The average molecular weight is 501 g/mol. The molecule has 6 aromatic rings. The van der Waals surface area contributed by atoms with Crippen LogP contribution in [0, 0.1) is 6.92 Å². The van der Waals surface area contributed by atoms with Crippen molar-refractivity contribution in [2.75, 3.05) is 0 Å². The third-order valence-corrected chi connectivity index (χ3v) is 7.72. The molecule has 0 heterocycles. The minimum absolute atomic E-state index is 1.24. The first-order valence-corrected chi connectivity index (χ1v) is 13.6. The Hall–Kier alpha value is -4.68. The second-order valence-electron chi connectivity index (χ2n) is 10.4. The first kappa shape index (κ1) is 24.6. The highest BCUT2D eigenvalue weighted by Gasteiger charge is 2.17. The van der Waals surface area contributed by atoms with Crippen molar-refractivity contribution < 1.29 is 0 Å². The Kier molecular flexibility index (Phi) is 6.47. The molecule has 0 fully saturated rings. The number of hydrogen-bond donors (Lipinski definition) is 0. The van der Waals surface area contributed by atoms with E-state index in [2.05, 4.69) is 143 Å². The Morgan fingerprint density at radius 1 is 0.590 bits per heavy atom. The summed E-state index contributed by atoms with van der Waals surface area (Å²) in [5.74, 6) is 0. The SMILES string of the molecule is C=C/C=C\C(=C(C)C)c1cc(-c2c3ccccc3c(-c3ccc4ccccc4c3)c3ccccc23)ccc1C. The summed E-state index contributed by atoms with van der Waals surface area (Å²) in [7, 11) is 0. The van der Waals surface area contributed by atoms with Crippen LogP contribution >= 0.6 is 0 Å². The molecule has 0 bridgehead atoms. The van der Waals surface area contributed by atoms with E-state index in [-0.39, 0.29) is 0 Å². The van der Waals surface area contributed by atoms with Gasteiger partial charge in [0, 0.05) is 0 Å². The molecule has 0 saturated carbocycles. The van der Waals surface area contributed by atoms with Crippen molar-refractivity contribution in [3.05, 3.63) is 151 Å². The average Bonchev–Trinajstić information content (AvgIpc) is 2.96. The van der Waals surface area contributed by atoms with Crippen molar-refractivity contribution in [2.45, 2.75) is 20.8 Å². The van der Waals surface area contributed by atoms with Crippen molar-refractivity contribution in [1.29, 1.82) is 0 Å². The van der Waals surface area contributed by atoms with E-state index in [1.807, 2.05) is 12.2 Å². The molecule has 39 heavy (non-hydrogen) atoms. The van der Waals surface area contributed by atoms with Crippen LogP contribution in [0.4, 0.5) is 0 Å². The van der Waals surface area contributed by atoms with E-state index >= 15 is 0 Å². The molecule has 0 unspecified atom stereocenters. The van der Waals surface area contributed by atoms with E-state index in [1.165, 1.54) is 76.8 Å². The van der Waals surface area contributed by atoms with E-state index in [4.69, 9.17) is 0 Å². The molecule has 0 aliphatic carbocycles. The molecule has 6 aromatic carbocycles. The van der Waals surface area contributed by atoms with Crippen LogP contribution in [-0.4, -0.2) is 0 Å². The molecule has 0 aliphatic rings. The van der Waals surface area contributed by atoms with E-state index < -0.39 is 0 Å². The molecular formula is C39H32. The predicted octanol–water partition coefficient (Wildman–Crippen LogP) is 11.3. The van der Waals surface area contributed by atoms with Crippen LogP contribution in [0.15, 0.2) is 140 Å². The first-order valence-electron chi connectivity index (χ1n) is 13.6. The van der Waals surface area contributed by atoms with Gasteiger partial charge in [-0.05, 0) is 104 Å². The van der Waals surface area contributed by atoms with Gasteiger partial charge in [-0.2, -0.15) is 0 Å². The number of fused-ring (bicyclic) bond motifs is 3. The highest BCUT2D eigenvalue weighted by molar-refractivity contribution is 6.21. The quantitative estimate of drug-likeness (QED) is 0.163. The summed E-state index contributed by atoms with van der Waals surface area (Å²) in [6.45, 7) is 10.4. The summed E-state index contributed by atoms with van der Waals surface area (Å²) in [6.07, 6.45) is 6.04. The normalized spacial score (nSPS) is 11.5. The van der Waals surface area contributed by atoms with Crippen molar-refractivity contribution in [3.8, 4) is 22.3 Å². The largest absolute Gasteiger partial charge is 0.0991 e. The summed E-state index contributed by atoms with van der Waals surface area (Å²) in [6, 6.07) is 40.1. The standard InChI is InChI=1S/C39H32/c1-5-6-15-32(26(2)3)37-25-31(21-20-27(37)4)39-35-18-11-9-16-33(35)38(34-17-10-12-19-36(34)39)30-23-22-28-13-7-8-14-29(28)24-30/h5-25H,1H2,2-4H3/b15-6-. The van der Waals surface area contributed by atoms with Crippen molar-refractivity contribution in [3.63, 3.8) is 0 Å². The molecular weight excluding hydrogens is 468 g/mol. The van der Waals surface area contributed by atoms with E-state index in [1.54, 1.807) is 0 Å². The van der Waals surface area contributed by atoms with Crippen LogP contribution in [0.25, 0.3) is 60.1 Å². The van der Waals surface area contributed by atoms with Crippen molar-refractivity contribution >= 4 is 37.9 Å². The topological polar surface area (TPSA) is 0 Å². The predicted molar refractivity (Wildman–Crippen MR) is 172 cm³/mol. The van der Waals surface area contributed by atoms with E-state index in [0.29, 0.717) is 0 Å². The maximum atomic E-state index is 3.88. The lowest BCUT2D eigenvalue weighted by Gasteiger charge is -2.19. The zero-order chi connectivity index (χ0) is 26.9. The van der Waals surface area contributed by atoms with Crippen LogP contribution in [0.2, 0.25) is 0 Å². The van der Waals surface area contributed by atoms with Gasteiger partial charge in [-0.1, -0.05) is 127 Å². The van der Waals surface area contributed by atoms with Gasteiger partial charge < -0.3 is 0 Å². The molecule has 0 heteroatoms. The fraction of sp³-hybridized carbons (Fsp3) is 0.0769. The molecule has 0 radical (unpaired) electrons. The maximum Gasteiger partial charge on any atom is -0.00262 e. The lowest BCUT2D eigenvalue weighted by atomic mass is 9.84. The van der Waals surface area contributed by atoms with Gasteiger partial charge >= 0.3 is 0 Å². The Morgan fingerprint density at radius 3 is 1.67 bits per heavy atom. The van der Waals surface area contributed by atoms with Crippen LogP contribution in [0.5, 0.6) is 0 Å². The highest BCUT2D eigenvalue weighted by Crippen LogP contribution is 2.44. The molecule has 0 spiro atoms. The van der Waals surface area contributed by atoms with E-state index in [0.717, 1.165) is 0 Å². The monoisotopic (exact) mass is 500 g/mol. The fourth-order valence-electron chi connectivity index (χ4n) is 5.85. The third kappa shape index (κ3) is 4.39. The van der Waals surface area contributed by atoms with Crippen LogP contribution in [-0.2, 0) is 0 Å². The van der Waals surface area contributed by atoms with E-state index in [9.17, 15) is 0 Å². The van der Waals surface area contributed by atoms with Gasteiger partial charge in [0.05, 0.1) is 0 Å². The Bertz CT molecular complexity index is 1880. The molecule has 0 nitrogen and oxygen atoms in total. The number of rotatable bonds is 5. The van der Waals surface area contributed by atoms with Gasteiger partial charge in [0.25, 0.3) is 0 Å². The van der Waals surface area contributed by atoms with Gasteiger partial charge in [-0.3, -0.25) is 0 Å². The second-order valence-corrected chi connectivity index (χ2v) is 10.4. The minimum Gasteiger partial charge on any atom is -0.0991 e. The summed E-state index contributed by atoms with van der Waals surface area (Å²) < 4.78 is 0. The van der Waals surface area contributed by atoms with Gasteiger partial charge in [0.2, 0.25) is 0 Å². The fourth-order valence-corrected chi connectivity index (χ4v) is 5.85. The third-order valence-electron chi connectivity index (χ3n) is 7.72. The molecule has 6 rings (SSSR count). The molecule has 188 valence electrons. The number of hydrogen-bond acceptors (Lipinski definition) is 0. The lowest BCUT2D eigenvalue weighted by molar-refractivity contribution is 1.36. The maximum absolute atomic E-state index is 3.88. The smallest absolute Gasteiger partial charge is 0.00262 e. The van der Waals surface area contributed by atoms with Crippen LogP contribution in [0.1, 0.15) is 25.0 Å². The second kappa shape index (κ2) is 10.2. The van der Waals surface area contributed by atoms with Gasteiger partial charge in [-0.15, -0.1) is 0 Å². The summed E-state index contributed by atoms with van der Waals surface area (Å²) >= 11 is 0. The van der Waals surface area contributed by atoms with Gasteiger partial charge in [0.1, 0.15) is 0 Å². The highest BCUT2D eigenvalue weighted by atomic mass is 14.2. The molecule has 0 saturated heterocycles. The van der Waals surface area contributed by atoms with Crippen LogP contribution in [0.3, 0.4) is 0 Å². The van der Waals surface area contributed by atoms with Gasteiger partial charge in [0.15, 0.2) is 0 Å². The molecule has 0 aliphatic heterocycles. The lowest BCUT2D eigenvalue weighted by Crippen LogP contribution is -1.94. The van der Waals surface area contributed by atoms with Crippen molar-refractivity contribution in [1.82, 2.24) is 0 Å². The molecule has 0 atom stereocenters. The summed E-state index contributed by atoms with van der Waals surface area (Å²) in [4.78, 5) is 0. The zero-order valence-corrected chi connectivity index (χ0v) is 22.8. The Morgan fingerprint density at radius 2 is 1.10 bits per heavy atom. The Balaban J connectivity index is 1.68. The summed E-state index contributed by atoms with van der Waals surface area (Å²) in [5.41, 5.74) is 10.1. The Labute approximate surface area is 231 Å². The summed E-state index contributed by atoms with van der Waals surface area (Å²) in [5, 5.41) is 7.62. The van der Waals surface area contributed by atoms with Crippen LogP contribution < -0.4 is 0 Å². The zero-order valence-electron chi connectivity index (χ0n) is 22.8.